The van der Waals surface area contributed by atoms with E-state index in [0.717, 1.165) is 9.13 Å². The summed E-state index contributed by atoms with van der Waals surface area (Å²) in [5.41, 5.74) is 6.88. The average Bonchev–Trinajstić information content (AvgIpc) is 2.55. The van der Waals surface area contributed by atoms with Crippen LogP contribution in [0.1, 0.15) is 26.3 Å². The maximum atomic E-state index is 12.1. The number of hydrogen-bond acceptors (Lipinski definition) is 3. The van der Waals surface area contributed by atoms with Crippen LogP contribution in [0.2, 0.25) is 5.02 Å². The normalized spacial score (nSPS) is 9.96. The van der Waals surface area contributed by atoms with Crippen molar-refractivity contribution in [2.75, 3.05) is 0 Å². The lowest BCUT2D eigenvalue weighted by Gasteiger charge is -2.11. The van der Waals surface area contributed by atoms with Crippen LogP contribution in [-0.2, 0) is 0 Å². The molecule has 0 fully saturated rings. The van der Waals surface area contributed by atoms with Crippen LogP contribution in [0.3, 0.4) is 0 Å². The Bertz CT molecular complexity index is 796. The van der Waals surface area contributed by atoms with E-state index < -0.39 is 5.91 Å². The summed E-state index contributed by atoms with van der Waals surface area (Å²) in [5, 5.41) is 3.04. The number of nitrogens with one attached hydrogen (secondary N) is 3. The number of hydrogen-bond donors (Lipinski definition) is 3. The van der Waals surface area contributed by atoms with Gasteiger partial charge in [-0.25, -0.2) is 0 Å². The minimum atomic E-state index is -0.395. The van der Waals surface area contributed by atoms with E-state index in [2.05, 4.69) is 38.8 Å². The van der Waals surface area contributed by atoms with Gasteiger partial charge in [-0.05, 0) is 83.7 Å². The third-order valence-electron chi connectivity index (χ3n) is 3.06. The Morgan fingerprint density at radius 1 is 1.00 bits per heavy atom. The van der Waals surface area contributed by atoms with E-state index in [9.17, 15) is 9.59 Å². The van der Waals surface area contributed by atoms with Crippen molar-refractivity contribution >= 4 is 63.3 Å². The first-order valence-electron chi connectivity index (χ1n) is 6.80. The summed E-state index contributed by atoms with van der Waals surface area (Å²) in [6.45, 7) is 1.96. The molecule has 2 aromatic carbocycles. The van der Waals surface area contributed by atoms with Crippen molar-refractivity contribution in [2.45, 2.75) is 6.92 Å². The minimum absolute atomic E-state index is 0.00195. The van der Waals surface area contributed by atoms with Crippen molar-refractivity contribution in [3.05, 3.63) is 67.7 Å². The van der Waals surface area contributed by atoms with Crippen LogP contribution in [0.25, 0.3) is 0 Å². The fourth-order valence-corrected chi connectivity index (χ4v) is 2.51. The highest BCUT2D eigenvalue weighted by atomic mass is 127. The predicted octanol–water partition coefficient (Wildman–Crippen LogP) is 3.20. The lowest BCUT2D eigenvalue weighted by Crippen LogP contribution is -2.48. The molecular formula is C16H13ClIN3O2S. The first kappa shape index (κ1) is 18.6. The molecule has 5 nitrogen and oxygen atoms in total. The van der Waals surface area contributed by atoms with E-state index in [1.807, 2.05) is 13.0 Å². The number of aryl methyl sites for hydroxylation is 1. The van der Waals surface area contributed by atoms with E-state index in [-0.39, 0.29) is 11.0 Å². The number of halogens is 2. The number of carbonyl (C=O) groups is 2. The van der Waals surface area contributed by atoms with Crippen LogP contribution in [0.5, 0.6) is 0 Å². The molecule has 0 saturated carbocycles. The first-order chi connectivity index (χ1) is 11.4. The van der Waals surface area contributed by atoms with Crippen LogP contribution in [0.4, 0.5) is 0 Å². The number of thiocarbonyl (C=S) groups is 1. The Hall–Kier alpha value is -1.71. The lowest BCUT2D eigenvalue weighted by atomic mass is 10.1. The maximum absolute atomic E-state index is 12.1. The molecule has 0 aliphatic carbocycles. The van der Waals surface area contributed by atoms with E-state index in [0.29, 0.717) is 16.1 Å². The monoisotopic (exact) mass is 473 g/mol. The zero-order valence-corrected chi connectivity index (χ0v) is 16.3. The zero-order valence-electron chi connectivity index (χ0n) is 12.5. The van der Waals surface area contributed by atoms with Gasteiger partial charge in [0.1, 0.15) is 0 Å². The van der Waals surface area contributed by atoms with Gasteiger partial charge in [0.2, 0.25) is 0 Å². The quantitative estimate of drug-likeness (QED) is 0.356. The number of benzene rings is 2. The van der Waals surface area contributed by atoms with Gasteiger partial charge in [0.05, 0.1) is 0 Å². The van der Waals surface area contributed by atoms with Crippen LogP contribution in [-0.4, -0.2) is 16.9 Å². The summed E-state index contributed by atoms with van der Waals surface area (Å²) in [4.78, 5) is 24.0. The van der Waals surface area contributed by atoms with E-state index >= 15 is 0 Å². The van der Waals surface area contributed by atoms with Crippen LogP contribution >= 0.6 is 46.4 Å². The van der Waals surface area contributed by atoms with E-state index in [4.69, 9.17) is 23.8 Å². The predicted molar refractivity (Wildman–Crippen MR) is 106 cm³/mol. The zero-order chi connectivity index (χ0) is 17.7. The van der Waals surface area contributed by atoms with Gasteiger partial charge in [0, 0.05) is 19.7 Å². The lowest BCUT2D eigenvalue weighted by molar-refractivity contribution is 0.0934. The standard InChI is InChI=1S/C16H13ClIN3O2S/c1-9-2-3-11(8-13(9)18)14(22)19-16(24)21-20-15(23)10-4-6-12(17)7-5-10/h2-8H,1H3,(H,20,23)(H2,19,21,22,24). The first-order valence-corrected chi connectivity index (χ1v) is 8.66. The van der Waals surface area contributed by atoms with Crippen molar-refractivity contribution in [3.63, 3.8) is 0 Å². The van der Waals surface area contributed by atoms with Gasteiger partial charge < -0.3 is 0 Å². The smallest absolute Gasteiger partial charge is 0.269 e. The van der Waals surface area contributed by atoms with Gasteiger partial charge in [0.25, 0.3) is 11.8 Å². The van der Waals surface area contributed by atoms with Crippen LogP contribution in [0, 0.1) is 10.5 Å². The summed E-state index contributed by atoms with van der Waals surface area (Å²) >= 11 is 12.9. The number of amides is 2. The molecule has 0 aromatic heterocycles. The highest BCUT2D eigenvalue weighted by Gasteiger charge is 2.10. The third kappa shape index (κ3) is 5.15. The summed E-state index contributed by atoms with van der Waals surface area (Å²) < 4.78 is 0.982. The molecule has 2 aromatic rings. The van der Waals surface area contributed by atoms with Crippen molar-refractivity contribution in [1.82, 2.24) is 16.2 Å². The molecule has 2 amide bonds. The maximum Gasteiger partial charge on any atom is 0.269 e. The molecule has 0 heterocycles. The molecule has 0 radical (unpaired) electrons. The Labute approximate surface area is 163 Å². The molecule has 24 heavy (non-hydrogen) atoms. The molecule has 8 heteroatoms. The van der Waals surface area contributed by atoms with Gasteiger partial charge in [-0.3, -0.25) is 25.8 Å². The molecule has 0 saturated heterocycles. The minimum Gasteiger partial charge on any atom is -0.298 e. The molecule has 0 bridgehead atoms. The van der Waals surface area contributed by atoms with Crippen molar-refractivity contribution in [1.29, 1.82) is 0 Å². The van der Waals surface area contributed by atoms with Gasteiger partial charge in [0.15, 0.2) is 5.11 Å². The largest absolute Gasteiger partial charge is 0.298 e. The van der Waals surface area contributed by atoms with Gasteiger partial charge in [-0.15, -0.1) is 0 Å². The highest BCUT2D eigenvalue weighted by Crippen LogP contribution is 2.13. The Kier molecular flexibility index (Phi) is 6.52. The van der Waals surface area contributed by atoms with Gasteiger partial charge in [-0.2, -0.15) is 0 Å². The van der Waals surface area contributed by atoms with Crippen molar-refractivity contribution in [2.24, 2.45) is 0 Å². The molecule has 124 valence electrons. The summed E-state index contributed by atoms with van der Waals surface area (Å²) in [6, 6.07) is 11.7. The fourth-order valence-electron chi connectivity index (χ4n) is 1.73. The Balaban J connectivity index is 1.88. The number of rotatable bonds is 2. The summed E-state index contributed by atoms with van der Waals surface area (Å²) in [7, 11) is 0. The molecular weight excluding hydrogens is 461 g/mol. The second-order valence-electron chi connectivity index (χ2n) is 4.83. The van der Waals surface area contributed by atoms with Gasteiger partial charge >= 0.3 is 0 Å². The molecule has 0 spiro atoms. The average molecular weight is 474 g/mol. The summed E-state index contributed by atoms with van der Waals surface area (Å²) in [5.74, 6) is -0.751. The molecule has 0 aliphatic heterocycles. The fraction of sp³-hybridized carbons (Fsp3) is 0.0625. The number of hydrazine groups is 1. The molecule has 0 unspecified atom stereocenters. The molecule has 2 rings (SSSR count). The second-order valence-corrected chi connectivity index (χ2v) is 6.84. The topological polar surface area (TPSA) is 70.2 Å². The second kappa shape index (κ2) is 8.41. The van der Waals surface area contributed by atoms with E-state index in [1.165, 1.54) is 0 Å². The SMILES string of the molecule is Cc1ccc(C(=O)NC(=S)NNC(=O)c2ccc(Cl)cc2)cc1I. The highest BCUT2D eigenvalue weighted by molar-refractivity contribution is 14.1. The van der Waals surface area contributed by atoms with Gasteiger partial charge in [-0.1, -0.05) is 17.7 Å². The molecule has 3 N–H and O–H groups in total. The third-order valence-corrected chi connectivity index (χ3v) is 4.68. The Morgan fingerprint density at radius 3 is 2.25 bits per heavy atom. The van der Waals surface area contributed by atoms with E-state index in [1.54, 1.807) is 36.4 Å². The summed E-state index contributed by atoms with van der Waals surface area (Å²) in [6.07, 6.45) is 0. The van der Waals surface area contributed by atoms with Crippen LogP contribution in [0.15, 0.2) is 42.5 Å². The number of carbonyl (C=O) groups excluding carboxylic acids is 2. The van der Waals surface area contributed by atoms with Crippen molar-refractivity contribution < 1.29 is 9.59 Å². The molecule has 0 aliphatic rings. The van der Waals surface area contributed by atoms with Crippen molar-refractivity contribution in [3.8, 4) is 0 Å². The molecule has 0 atom stereocenters. The Morgan fingerprint density at radius 2 is 1.62 bits per heavy atom. The van der Waals surface area contributed by atoms with Crippen LogP contribution < -0.4 is 16.2 Å².